The van der Waals surface area contributed by atoms with Crippen LogP contribution in [-0.2, 0) is 10.0 Å². The van der Waals surface area contributed by atoms with Gasteiger partial charge < -0.3 is 5.73 Å². The first-order valence-corrected chi connectivity index (χ1v) is 5.42. The molecule has 0 aliphatic rings. The van der Waals surface area contributed by atoms with Gasteiger partial charge in [0.25, 0.3) is 6.43 Å². The van der Waals surface area contributed by atoms with Crippen molar-refractivity contribution in [3.63, 3.8) is 0 Å². The quantitative estimate of drug-likeness (QED) is 0.822. The summed E-state index contributed by atoms with van der Waals surface area (Å²) < 4.78 is 46.6. The molecular weight excluding hydrogens is 252 g/mol. The molecule has 0 saturated heterocycles. The Bertz CT molecular complexity index is 491. The summed E-state index contributed by atoms with van der Waals surface area (Å²) in [4.78, 5) is 2.51. The Hall–Kier alpha value is -0.990. The number of nitrogens with two attached hydrogens (primary N) is 2. The van der Waals surface area contributed by atoms with Crippen LogP contribution in [0.5, 0.6) is 0 Å². The SMILES string of the molecule is Nc1ncc(C(F)F)c(Cl)c1S(N)(=O)=O. The van der Waals surface area contributed by atoms with E-state index >= 15 is 0 Å². The number of pyridine rings is 1. The van der Waals surface area contributed by atoms with Gasteiger partial charge in [-0.2, -0.15) is 0 Å². The second-order valence-corrected chi connectivity index (χ2v) is 4.46. The fourth-order valence-electron chi connectivity index (χ4n) is 0.921. The molecule has 0 saturated carbocycles. The topological polar surface area (TPSA) is 99.1 Å². The first-order valence-electron chi connectivity index (χ1n) is 3.50. The predicted octanol–water partition coefficient (Wildman–Crippen LogP) is 0.902. The highest BCUT2D eigenvalue weighted by Crippen LogP contribution is 2.33. The van der Waals surface area contributed by atoms with E-state index in [9.17, 15) is 17.2 Å². The van der Waals surface area contributed by atoms with Crippen LogP contribution in [0.3, 0.4) is 0 Å². The number of nitrogens with zero attached hydrogens (tertiary/aromatic N) is 1. The van der Waals surface area contributed by atoms with Gasteiger partial charge in [0.15, 0.2) is 0 Å². The van der Waals surface area contributed by atoms with Crippen molar-refractivity contribution in [3.05, 3.63) is 16.8 Å². The van der Waals surface area contributed by atoms with E-state index in [-0.39, 0.29) is 0 Å². The predicted molar refractivity (Wildman–Crippen MR) is 50.0 cm³/mol. The van der Waals surface area contributed by atoms with Crippen LogP contribution in [0, 0.1) is 0 Å². The van der Waals surface area contributed by atoms with Gasteiger partial charge in [-0.25, -0.2) is 27.3 Å². The maximum Gasteiger partial charge on any atom is 0.266 e. The maximum absolute atomic E-state index is 12.3. The molecule has 0 aromatic carbocycles. The van der Waals surface area contributed by atoms with Crippen LogP contribution in [0.4, 0.5) is 14.6 Å². The summed E-state index contributed by atoms with van der Waals surface area (Å²) in [5, 5.41) is 4.06. The molecule has 5 nitrogen and oxygen atoms in total. The number of anilines is 1. The molecule has 1 rings (SSSR count). The number of rotatable bonds is 2. The summed E-state index contributed by atoms with van der Waals surface area (Å²) in [5.41, 5.74) is 4.45. The number of alkyl halides is 2. The number of aromatic nitrogens is 1. The molecule has 0 radical (unpaired) electrons. The number of hydrogen-bond donors (Lipinski definition) is 2. The fourth-order valence-corrected chi connectivity index (χ4v) is 2.18. The molecule has 1 aromatic heterocycles. The van der Waals surface area contributed by atoms with Crippen LogP contribution in [0.1, 0.15) is 12.0 Å². The van der Waals surface area contributed by atoms with E-state index in [0.29, 0.717) is 6.20 Å². The van der Waals surface area contributed by atoms with Crippen LogP contribution < -0.4 is 10.9 Å². The van der Waals surface area contributed by atoms with Gasteiger partial charge in [-0.15, -0.1) is 0 Å². The molecule has 0 aliphatic carbocycles. The lowest BCUT2D eigenvalue weighted by atomic mass is 10.3. The Balaban J connectivity index is 3.59. The lowest BCUT2D eigenvalue weighted by Crippen LogP contribution is -2.16. The van der Waals surface area contributed by atoms with Crippen molar-refractivity contribution in [3.8, 4) is 0 Å². The summed E-state index contributed by atoms with van der Waals surface area (Å²) in [5.74, 6) is -0.507. The van der Waals surface area contributed by atoms with Crippen molar-refractivity contribution < 1.29 is 17.2 Å². The monoisotopic (exact) mass is 257 g/mol. The highest BCUT2D eigenvalue weighted by atomic mass is 35.5. The van der Waals surface area contributed by atoms with E-state index in [1.807, 2.05) is 0 Å². The lowest BCUT2D eigenvalue weighted by molar-refractivity contribution is 0.151. The first-order chi connectivity index (χ1) is 6.75. The van der Waals surface area contributed by atoms with Gasteiger partial charge in [0.05, 0.1) is 10.6 Å². The molecule has 15 heavy (non-hydrogen) atoms. The molecule has 0 fully saturated rings. The Morgan fingerprint density at radius 1 is 1.47 bits per heavy atom. The van der Waals surface area contributed by atoms with Crippen molar-refractivity contribution in [2.45, 2.75) is 11.3 Å². The van der Waals surface area contributed by atoms with E-state index < -0.39 is 37.7 Å². The number of nitrogen functional groups attached to an aromatic ring is 1. The molecule has 0 atom stereocenters. The molecule has 1 heterocycles. The normalized spacial score (nSPS) is 12.1. The number of primary sulfonamides is 1. The molecule has 0 amide bonds. The van der Waals surface area contributed by atoms with E-state index in [1.54, 1.807) is 0 Å². The molecular formula is C6H6ClF2N3O2S. The van der Waals surface area contributed by atoms with Crippen LogP contribution in [0.2, 0.25) is 5.02 Å². The minimum absolute atomic E-state index is 0.507. The Kier molecular flexibility index (Phi) is 3.12. The summed E-state index contributed by atoms with van der Waals surface area (Å²) in [6, 6.07) is 0. The Morgan fingerprint density at radius 2 is 2.00 bits per heavy atom. The van der Waals surface area contributed by atoms with Crippen molar-refractivity contribution in [1.29, 1.82) is 0 Å². The second-order valence-electron chi connectivity index (χ2n) is 2.59. The Labute approximate surface area is 89.1 Å². The third kappa shape index (κ3) is 2.33. The van der Waals surface area contributed by atoms with Crippen molar-refractivity contribution in [1.82, 2.24) is 4.98 Å². The second kappa shape index (κ2) is 3.87. The van der Waals surface area contributed by atoms with Crippen molar-refractivity contribution >= 4 is 27.4 Å². The summed E-state index contributed by atoms with van der Waals surface area (Å²) in [6.45, 7) is 0. The number of hydrogen-bond acceptors (Lipinski definition) is 4. The van der Waals surface area contributed by atoms with Gasteiger partial charge in [-0.1, -0.05) is 11.6 Å². The smallest absolute Gasteiger partial charge is 0.266 e. The van der Waals surface area contributed by atoms with E-state index in [4.69, 9.17) is 22.5 Å². The van der Waals surface area contributed by atoms with Gasteiger partial charge in [0, 0.05) is 6.20 Å². The summed E-state index contributed by atoms with van der Waals surface area (Å²) in [7, 11) is -4.27. The van der Waals surface area contributed by atoms with Gasteiger partial charge in [0.2, 0.25) is 10.0 Å². The maximum atomic E-state index is 12.3. The molecule has 9 heteroatoms. The fraction of sp³-hybridized carbons (Fsp3) is 0.167. The lowest BCUT2D eigenvalue weighted by Gasteiger charge is -2.08. The zero-order chi connectivity index (χ0) is 11.8. The van der Waals surface area contributed by atoms with Crippen LogP contribution in [0.15, 0.2) is 11.1 Å². The average Bonchev–Trinajstić information content (AvgIpc) is 2.00. The highest BCUT2D eigenvalue weighted by molar-refractivity contribution is 7.89. The molecule has 1 aromatic rings. The standard InChI is InChI=1S/C6H6ClF2N3O2S/c7-3-2(5(8)9)1-12-6(10)4(3)15(11,13)14/h1,5H,(H2,10,12)(H2,11,13,14). The van der Waals surface area contributed by atoms with Crippen LogP contribution in [0.25, 0.3) is 0 Å². The van der Waals surface area contributed by atoms with Crippen molar-refractivity contribution in [2.24, 2.45) is 5.14 Å². The third-order valence-corrected chi connectivity index (χ3v) is 3.05. The van der Waals surface area contributed by atoms with Crippen LogP contribution >= 0.6 is 11.6 Å². The molecule has 0 aliphatic heterocycles. The van der Waals surface area contributed by atoms with E-state index in [0.717, 1.165) is 0 Å². The molecule has 0 bridgehead atoms. The Morgan fingerprint density at radius 3 is 2.40 bits per heavy atom. The summed E-state index contributed by atoms with van der Waals surface area (Å²) in [6.07, 6.45) is -2.25. The van der Waals surface area contributed by atoms with Gasteiger partial charge >= 0.3 is 0 Å². The largest absolute Gasteiger partial charge is 0.383 e. The zero-order valence-corrected chi connectivity index (χ0v) is 8.69. The van der Waals surface area contributed by atoms with E-state index in [1.165, 1.54) is 0 Å². The van der Waals surface area contributed by atoms with E-state index in [2.05, 4.69) is 4.98 Å². The molecule has 84 valence electrons. The number of halogens is 3. The minimum Gasteiger partial charge on any atom is -0.383 e. The van der Waals surface area contributed by atoms with Crippen LogP contribution in [-0.4, -0.2) is 13.4 Å². The molecule has 0 unspecified atom stereocenters. The number of sulfonamides is 1. The molecule has 0 spiro atoms. The zero-order valence-electron chi connectivity index (χ0n) is 7.12. The third-order valence-electron chi connectivity index (χ3n) is 1.55. The van der Waals surface area contributed by atoms with Gasteiger partial charge in [-0.3, -0.25) is 0 Å². The van der Waals surface area contributed by atoms with Crippen molar-refractivity contribution in [2.75, 3.05) is 5.73 Å². The summed E-state index contributed by atoms with van der Waals surface area (Å²) >= 11 is 5.43. The van der Waals surface area contributed by atoms with Gasteiger partial charge in [0.1, 0.15) is 10.7 Å². The van der Waals surface area contributed by atoms with Gasteiger partial charge in [-0.05, 0) is 0 Å². The average molecular weight is 258 g/mol. The molecule has 4 N–H and O–H groups in total. The minimum atomic E-state index is -4.27. The highest BCUT2D eigenvalue weighted by Gasteiger charge is 2.24. The first kappa shape index (κ1) is 12.1.